The van der Waals surface area contributed by atoms with Gasteiger partial charge in [-0.15, -0.1) is 0 Å². The maximum absolute atomic E-state index is 12.6. The van der Waals surface area contributed by atoms with E-state index in [1.54, 1.807) is 12.3 Å². The molecular weight excluding hydrogens is 286 g/mol. The Kier molecular flexibility index (Phi) is 4.33. The van der Waals surface area contributed by atoms with Crippen molar-refractivity contribution in [3.63, 3.8) is 0 Å². The summed E-state index contributed by atoms with van der Waals surface area (Å²) in [6.07, 6.45) is 1.70. The van der Waals surface area contributed by atoms with Crippen molar-refractivity contribution >= 4 is 11.6 Å². The number of rotatable bonds is 2. The number of hydrogen-bond donors (Lipinski definition) is 0. The Balaban J connectivity index is 1.69. The van der Waals surface area contributed by atoms with E-state index in [0.717, 1.165) is 37.4 Å². The molecule has 4 heteroatoms. The summed E-state index contributed by atoms with van der Waals surface area (Å²) in [6.45, 7) is 9.49. The van der Waals surface area contributed by atoms with Crippen LogP contribution in [0.5, 0.6) is 0 Å². The Labute approximate surface area is 137 Å². The minimum absolute atomic E-state index is 0.108. The second kappa shape index (κ2) is 6.41. The molecule has 1 fully saturated rings. The molecular formula is C19H23N3O. The monoisotopic (exact) mass is 309 g/mol. The Morgan fingerprint density at radius 2 is 1.78 bits per heavy atom. The smallest absolute Gasteiger partial charge is 0.254 e. The highest BCUT2D eigenvalue weighted by Gasteiger charge is 2.23. The van der Waals surface area contributed by atoms with Gasteiger partial charge in [0.2, 0.25) is 0 Å². The minimum atomic E-state index is 0.108. The molecule has 120 valence electrons. The molecule has 0 unspecified atom stereocenters. The van der Waals surface area contributed by atoms with Gasteiger partial charge in [0.1, 0.15) is 0 Å². The minimum Gasteiger partial charge on any atom is -0.368 e. The van der Waals surface area contributed by atoms with E-state index in [2.05, 4.69) is 41.9 Å². The van der Waals surface area contributed by atoms with Gasteiger partial charge < -0.3 is 9.80 Å². The SMILES string of the molecule is Cc1cc(C(=O)N2CCN(c3cccc(C)c3C)CC2)ccn1. The van der Waals surface area contributed by atoms with Crippen molar-refractivity contribution in [1.82, 2.24) is 9.88 Å². The molecule has 0 spiro atoms. The highest BCUT2D eigenvalue weighted by atomic mass is 16.2. The van der Waals surface area contributed by atoms with Gasteiger partial charge >= 0.3 is 0 Å². The molecule has 3 rings (SSSR count). The Morgan fingerprint density at radius 3 is 2.48 bits per heavy atom. The molecule has 1 aromatic carbocycles. The molecule has 23 heavy (non-hydrogen) atoms. The van der Waals surface area contributed by atoms with Crippen LogP contribution in [0.15, 0.2) is 36.5 Å². The second-order valence-electron chi connectivity index (χ2n) is 6.18. The van der Waals surface area contributed by atoms with Crippen molar-refractivity contribution in [2.45, 2.75) is 20.8 Å². The number of carbonyl (C=O) groups is 1. The van der Waals surface area contributed by atoms with Crippen molar-refractivity contribution in [3.8, 4) is 0 Å². The average molecular weight is 309 g/mol. The fourth-order valence-electron chi connectivity index (χ4n) is 3.09. The predicted octanol–water partition coefficient (Wildman–Crippen LogP) is 2.97. The van der Waals surface area contributed by atoms with Gasteiger partial charge in [0, 0.05) is 49.3 Å². The van der Waals surface area contributed by atoms with Crippen LogP contribution in [-0.4, -0.2) is 42.0 Å². The molecule has 0 radical (unpaired) electrons. The van der Waals surface area contributed by atoms with Gasteiger partial charge in [-0.1, -0.05) is 12.1 Å². The van der Waals surface area contributed by atoms with E-state index in [4.69, 9.17) is 0 Å². The summed E-state index contributed by atoms with van der Waals surface area (Å²) >= 11 is 0. The van der Waals surface area contributed by atoms with Crippen LogP contribution in [0.4, 0.5) is 5.69 Å². The number of aromatic nitrogens is 1. The standard InChI is InChI=1S/C19H23N3O/c1-14-5-4-6-18(16(14)3)21-9-11-22(12-10-21)19(23)17-7-8-20-15(2)13-17/h4-8,13H,9-12H2,1-3H3. The van der Waals surface area contributed by atoms with Crippen molar-refractivity contribution in [1.29, 1.82) is 0 Å². The summed E-state index contributed by atoms with van der Waals surface area (Å²) in [5.74, 6) is 0.108. The van der Waals surface area contributed by atoms with E-state index >= 15 is 0 Å². The summed E-state index contributed by atoms with van der Waals surface area (Å²) in [5.41, 5.74) is 5.55. The van der Waals surface area contributed by atoms with E-state index < -0.39 is 0 Å². The zero-order valence-electron chi connectivity index (χ0n) is 14.0. The first kappa shape index (κ1) is 15.5. The van der Waals surface area contributed by atoms with Gasteiger partial charge in [-0.3, -0.25) is 9.78 Å². The second-order valence-corrected chi connectivity index (χ2v) is 6.18. The first-order valence-electron chi connectivity index (χ1n) is 8.09. The number of carbonyl (C=O) groups excluding carboxylic acids is 1. The summed E-state index contributed by atoms with van der Waals surface area (Å²) in [4.78, 5) is 21.1. The summed E-state index contributed by atoms with van der Waals surface area (Å²) in [5, 5.41) is 0. The number of amides is 1. The molecule has 1 aromatic heterocycles. The normalized spacial score (nSPS) is 14.9. The third kappa shape index (κ3) is 3.21. The quantitative estimate of drug-likeness (QED) is 0.856. The van der Waals surface area contributed by atoms with Crippen LogP contribution >= 0.6 is 0 Å². The number of benzene rings is 1. The van der Waals surface area contributed by atoms with Gasteiger partial charge in [0.15, 0.2) is 0 Å². The average Bonchev–Trinajstić information content (AvgIpc) is 2.57. The van der Waals surface area contributed by atoms with E-state index in [1.807, 2.05) is 17.9 Å². The van der Waals surface area contributed by atoms with Crippen LogP contribution in [0.2, 0.25) is 0 Å². The maximum Gasteiger partial charge on any atom is 0.254 e. The number of piperazine rings is 1. The third-order valence-corrected chi connectivity index (χ3v) is 4.63. The van der Waals surface area contributed by atoms with Crippen molar-refractivity contribution in [2.24, 2.45) is 0 Å². The fourth-order valence-corrected chi connectivity index (χ4v) is 3.09. The van der Waals surface area contributed by atoms with Crippen LogP contribution in [0.1, 0.15) is 27.2 Å². The van der Waals surface area contributed by atoms with Gasteiger partial charge in [-0.05, 0) is 50.1 Å². The van der Waals surface area contributed by atoms with Gasteiger partial charge in [-0.25, -0.2) is 0 Å². The lowest BCUT2D eigenvalue weighted by molar-refractivity contribution is 0.0746. The molecule has 0 bridgehead atoms. The molecule has 0 saturated carbocycles. The van der Waals surface area contributed by atoms with Gasteiger partial charge in [-0.2, -0.15) is 0 Å². The van der Waals surface area contributed by atoms with E-state index in [0.29, 0.717) is 0 Å². The van der Waals surface area contributed by atoms with E-state index in [9.17, 15) is 4.79 Å². The van der Waals surface area contributed by atoms with Crippen LogP contribution in [0.3, 0.4) is 0 Å². The largest absolute Gasteiger partial charge is 0.368 e. The molecule has 1 aliphatic rings. The first-order valence-corrected chi connectivity index (χ1v) is 8.09. The molecule has 4 nitrogen and oxygen atoms in total. The van der Waals surface area contributed by atoms with Crippen LogP contribution in [0, 0.1) is 20.8 Å². The Bertz CT molecular complexity index is 718. The van der Waals surface area contributed by atoms with E-state index in [-0.39, 0.29) is 5.91 Å². The molecule has 0 atom stereocenters. The number of hydrogen-bond acceptors (Lipinski definition) is 3. The van der Waals surface area contributed by atoms with Crippen LogP contribution in [-0.2, 0) is 0 Å². The predicted molar refractivity (Wildman–Crippen MR) is 93.0 cm³/mol. The van der Waals surface area contributed by atoms with E-state index in [1.165, 1.54) is 16.8 Å². The summed E-state index contributed by atoms with van der Waals surface area (Å²) < 4.78 is 0. The number of pyridine rings is 1. The number of anilines is 1. The third-order valence-electron chi connectivity index (χ3n) is 4.63. The molecule has 1 amide bonds. The topological polar surface area (TPSA) is 36.4 Å². The lowest BCUT2D eigenvalue weighted by Crippen LogP contribution is -2.49. The molecule has 1 saturated heterocycles. The Hall–Kier alpha value is -2.36. The Morgan fingerprint density at radius 1 is 1.04 bits per heavy atom. The van der Waals surface area contributed by atoms with Crippen molar-refractivity contribution in [2.75, 3.05) is 31.1 Å². The number of aryl methyl sites for hydroxylation is 2. The molecule has 1 aliphatic heterocycles. The first-order chi connectivity index (χ1) is 11.1. The maximum atomic E-state index is 12.6. The van der Waals surface area contributed by atoms with Crippen molar-refractivity contribution in [3.05, 3.63) is 58.9 Å². The zero-order valence-corrected chi connectivity index (χ0v) is 14.0. The summed E-state index contributed by atoms with van der Waals surface area (Å²) in [6, 6.07) is 10.1. The van der Waals surface area contributed by atoms with Crippen LogP contribution in [0.25, 0.3) is 0 Å². The fraction of sp³-hybridized carbons (Fsp3) is 0.368. The molecule has 2 aromatic rings. The molecule has 0 N–H and O–H groups in total. The van der Waals surface area contributed by atoms with Crippen LogP contribution < -0.4 is 4.90 Å². The molecule has 0 aliphatic carbocycles. The van der Waals surface area contributed by atoms with Crippen molar-refractivity contribution < 1.29 is 4.79 Å². The van der Waals surface area contributed by atoms with Gasteiger partial charge in [0.25, 0.3) is 5.91 Å². The summed E-state index contributed by atoms with van der Waals surface area (Å²) in [7, 11) is 0. The van der Waals surface area contributed by atoms with Gasteiger partial charge in [0.05, 0.1) is 0 Å². The lowest BCUT2D eigenvalue weighted by Gasteiger charge is -2.37. The number of nitrogens with zero attached hydrogens (tertiary/aromatic N) is 3. The molecule has 2 heterocycles. The zero-order chi connectivity index (χ0) is 16.4. The highest BCUT2D eigenvalue weighted by molar-refractivity contribution is 5.94. The lowest BCUT2D eigenvalue weighted by atomic mass is 10.1. The highest BCUT2D eigenvalue weighted by Crippen LogP contribution is 2.24.